The summed E-state index contributed by atoms with van der Waals surface area (Å²) < 4.78 is 31.0. The average molecular weight is 432 g/mol. The Labute approximate surface area is 175 Å². The average Bonchev–Trinajstić information content (AvgIpc) is 3.16. The highest BCUT2D eigenvalue weighted by Crippen LogP contribution is 2.46. The van der Waals surface area contributed by atoms with Gasteiger partial charge in [-0.25, -0.2) is 8.42 Å². The number of ether oxygens (including phenoxy) is 1. The Hall–Kier alpha value is -2.81. The minimum absolute atomic E-state index is 0.0611. The molecular formula is C21H25N3O5S. The highest BCUT2D eigenvalue weighted by Gasteiger charge is 2.40. The maximum absolute atomic E-state index is 12.8. The van der Waals surface area contributed by atoms with E-state index in [1.807, 2.05) is 19.9 Å². The van der Waals surface area contributed by atoms with Crippen LogP contribution in [0, 0.1) is 5.92 Å². The number of hydrogen-bond donors (Lipinski definition) is 1. The van der Waals surface area contributed by atoms with Crippen molar-refractivity contribution in [1.82, 2.24) is 9.88 Å². The van der Waals surface area contributed by atoms with E-state index in [9.17, 15) is 18.0 Å². The van der Waals surface area contributed by atoms with Crippen molar-refractivity contribution in [1.29, 1.82) is 0 Å². The van der Waals surface area contributed by atoms with E-state index in [0.29, 0.717) is 29.2 Å². The summed E-state index contributed by atoms with van der Waals surface area (Å²) in [5.41, 5.74) is 2.34. The molecule has 8 nitrogen and oxygen atoms in total. The molecule has 160 valence electrons. The Morgan fingerprint density at radius 1 is 1.17 bits per heavy atom. The monoisotopic (exact) mass is 431 g/mol. The van der Waals surface area contributed by atoms with Crippen molar-refractivity contribution in [3.63, 3.8) is 0 Å². The van der Waals surface area contributed by atoms with Gasteiger partial charge in [0.2, 0.25) is 0 Å². The number of carbonyl (C=O) groups excluding carboxylic acids is 2. The van der Waals surface area contributed by atoms with Crippen LogP contribution < -0.4 is 9.64 Å². The van der Waals surface area contributed by atoms with Crippen LogP contribution in [0.5, 0.6) is 5.75 Å². The van der Waals surface area contributed by atoms with E-state index >= 15 is 0 Å². The van der Waals surface area contributed by atoms with Gasteiger partial charge in [-0.05, 0) is 29.7 Å². The fourth-order valence-corrected chi connectivity index (χ4v) is 4.80. The molecule has 2 amide bonds. The first kappa shape index (κ1) is 20.5. The van der Waals surface area contributed by atoms with Crippen molar-refractivity contribution < 1.29 is 22.7 Å². The summed E-state index contributed by atoms with van der Waals surface area (Å²) in [7, 11) is -0.199. The first-order valence-corrected chi connectivity index (χ1v) is 11.6. The van der Waals surface area contributed by atoms with Crippen molar-refractivity contribution in [2.45, 2.75) is 30.8 Å². The van der Waals surface area contributed by atoms with Crippen molar-refractivity contribution >= 4 is 27.3 Å². The number of hydrogen-bond acceptors (Lipinski definition) is 5. The number of likely N-dealkylation sites (N-methyl/N-ethyl adjacent to an activating group) is 2. The number of aromatic amines is 1. The van der Waals surface area contributed by atoms with Gasteiger partial charge in [-0.2, -0.15) is 0 Å². The third-order valence-corrected chi connectivity index (χ3v) is 6.92. The van der Waals surface area contributed by atoms with Gasteiger partial charge in [0.1, 0.15) is 11.4 Å². The first-order chi connectivity index (χ1) is 14.0. The molecule has 2 aliphatic rings. The zero-order valence-corrected chi connectivity index (χ0v) is 18.4. The second kappa shape index (κ2) is 6.87. The van der Waals surface area contributed by atoms with Gasteiger partial charge in [-0.1, -0.05) is 13.8 Å². The van der Waals surface area contributed by atoms with Gasteiger partial charge in [0.05, 0.1) is 10.6 Å². The van der Waals surface area contributed by atoms with Crippen LogP contribution in [0.25, 0.3) is 0 Å². The number of rotatable bonds is 3. The van der Waals surface area contributed by atoms with Crippen LogP contribution in [-0.2, 0) is 14.6 Å². The van der Waals surface area contributed by atoms with Gasteiger partial charge in [-0.3, -0.25) is 9.59 Å². The number of amides is 2. The quantitative estimate of drug-likeness (QED) is 0.801. The maximum atomic E-state index is 12.8. The third kappa shape index (κ3) is 3.08. The third-order valence-electron chi connectivity index (χ3n) is 5.83. The Kier molecular flexibility index (Phi) is 4.68. The Morgan fingerprint density at radius 2 is 1.87 bits per heavy atom. The summed E-state index contributed by atoms with van der Waals surface area (Å²) >= 11 is 0. The minimum atomic E-state index is -3.54. The molecule has 0 bridgehead atoms. The van der Waals surface area contributed by atoms with Gasteiger partial charge in [0.25, 0.3) is 11.8 Å². The smallest absolute Gasteiger partial charge is 0.270 e. The molecule has 30 heavy (non-hydrogen) atoms. The van der Waals surface area contributed by atoms with E-state index in [2.05, 4.69) is 4.98 Å². The van der Waals surface area contributed by atoms with Crippen molar-refractivity contribution in [3.05, 3.63) is 41.2 Å². The minimum Gasteiger partial charge on any atom is -0.478 e. The molecule has 2 atom stereocenters. The number of anilines is 1. The second-order valence-corrected chi connectivity index (χ2v) is 10.4. The lowest BCUT2D eigenvalue weighted by molar-refractivity contribution is -0.127. The molecule has 0 saturated carbocycles. The SMILES string of the molecule is CC(C)C1Oc2c(C3CN(C)C(=O)c4[nH]ccc43)cc(S(C)(=O)=O)cc2N(C)C1=O. The summed E-state index contributed by atoms with van der Waals surface area (Å²) in [6.07, 6.45) is 2.17. The van der Waals surface area contributed by atoms with Gasteiger partial charge in [0.15, 0.2) is 15.9 Å². The number of nitrogens with one attached hydrogen (secondary N) is 1. The molecule has 4 rings (SSSR count). The number of sulfone groups is 1. The van der Waals surface area contributed by atoms with Gasteiger partial charge in [0, 0.05) is 44.6 Å². The summed E-state index contributed by atoms with van der Waals surface area (Å²) in [6, 6.07) is 4.93. The standard InChI is InChI=1S/C21H25N3O5S/c1-11(2)18-21(26)24(4)16-9-12(30(5,27)28)8-14(19(16)29-18)15-10-23(3)20(25)17-13(15)6-7-22-17/h6-9,11,15,18,22H,10H2,1-5H3. The first-order valence-electron chi connectivity index (χ1n) is 9.75. The Balaban J connectivity index is 1.98. The Morgan fingerprint density at radius 3 is 2.50 bits per heavy atom. The summed E-state index contributed by atoms with van der Waals surface area (Å²) in [4.78, 5) is 31.5. The molecule has 2 unspecified atom stereocenters. The summed E-state index contributed by atoms with van der Waals surface area (Å²) in [5.74, 6) is -0.198. The largest absolute Gasteiger partial charge is 0.478 e. The van der Waals surface area contributed by atoms with E-state index in [1.165, 1.54) is 11.0 Å². The molecule has 2 aromatic rings. The molecule has 0 fully saturated rings. The number of benzene rings is 1. The molecule has 1 N–H and O–H groups in total. The topological polar surface area (TPSA) is 99.8 Å². The Bertz CT molecular complexity index is 1150. The van der Waals surface area contributed by atoms with E-state index in [-0.39, 0.29) is 28.5 Å². The van der Waals surface area contributed by atoms with E-state index < -0.39 is 15.9 Å². The fourth-order valence-electron chi connectivity index (χ4n) is 4.14. The van der Waals surface area contributed by atoms with Gasteiger partial charge in [-0.15, -0.1) is 0 Å². The highest BCUT2D eigenvalue weighted by molar-refractivity contribution is 7.90. The number of H-pyrrole nitrogens is 1. The van der Waals surface area contributed by atoms with Crippen LogP contribution in [0.1, 0.15) is 41.4 Å². The van der Waals surface area contributed by atoms with Crippen LogP contribution in [0.3, 0.4) is 0 Å². The summed E-state index contributed by atoms with van der Waals surface area (Å²) in [6.45, 7) is 4.18. The van der Waals surface area contributed by atoms with Crippen LogP contribution >= 0.6 is 0 Å². The number of fused-ring (bicyclic) bond motifs is 2. The normalized spacial score (nSPS) is 21.5. The van der Waals surface area contributed by atoms with E-state index in [4.69, 9.17) is 4.74 Å². The molecule has 1 aromatic heterocycles. The number of aromatic nitrogens is 1. The molecule has 1 aromatic carbocycles. The molecule has 0 radical (unpaired) electrons. The lowest BCUT2D eigenvalue weighted by Crippen LogP contribution is -2.47. The zero-order chi connectivity index (χ0) is 22.0. The van der Waals surface area contributed by atoms with Crippen LogP contribution in [0.15, 0.2) is 29.3 Å². The predicted molar refractivity (Wildman–Crippen MR) is 112 cm³/mol. The molecule has 0 saturated heterocycles. The van der Waals surface area contributed by atoms with Crippen LogP contribution in [0.2, 0.25) is 0 Å². The van der Waals surface area contributed by atoms with Gasteiger partial charge < -0.3 is 19.5 Å². The number of carbonyl (C=O) groups is 2. The molecule has 0 spiro atoms. The maximum Gasteiger partial charge on any atom is 0.270 e. The van der Waals surface area contributed by atoms with Crippen LogP contribution in [0.4, 0.5) is 5.69 Å². The highest BCUT2D eigenvalue weighted by atomic mass is 32.2. The molecular weight excluding hydrogens is 406 g/mol. The molecule has 2 aliphatic heterocycles. The molecule has 9 heteroatoms. The molecule has 3 heterocycles. The van der Waals surface area contributed by atoms with Crippen molar-refractivity contribution in [2.75, 3.05) is 31.8 Å². The predicted octanol–water partition coefficient (Wildman–Crippen LogP) is 2.02. The van der Waals surface area contributed by atoms with E-state index in [0.717, 1.165) is 11.8 Å². The number of nitrogens with zero attached hydrogens (tertiary/aromatic N) is 2. The van der Waals surface area contributed by atoms with Crippen molar-refractivity contribution in [2.24, 2.45) is 5.92 Å². The zero-order valence-electron chi connectivity index (χ0n) is 17.6. The lowest BCUT2D eigenvalue weighted by Gasteiger charge is -2.38. The molecule has 0 aliphatic carbocycles. The van der Waals surface area contributed by atoms with Crippen LogP contribution in [-0.4, -0.2) is 63.1 Å². The lowest BCUT2D eigenvalue weighted by atomic mass is 9.86. The van der Waals surface area contributed by atoms with E-state index in [1.54, 1.807) is 31.3 Å². The fraction of sp³-hybridized carbons (Fsp3) is 0.429. The summed E-state index contributed by atoms with van der Waals surface area (Å²) in [5, 5.41) is 0. The van der Waals surface area contributed by atoms with Crippen molar-refractivity contribution in [3.8, 4) is 5.75 Å². The van der Waals surface area contributed by atoms with Gasteiger partial charge >= 0.3 is 0 Å². The second-order valence-electron chi connectivity index (χ2n) is 8.36.